The number of nitrogens with one attached hydrogen (secondary N) is 1. The molecule has 7 heteroatoms. The fourth-order valence-electron chi connectivity index (χ4n) is 2.97. The van der Waals surface area contributed by atoms with E-state index in [0.717, 1.165) is 15.4 Å². The minimum atomic E-state index is -3.91. The van der Waals surface area contributed by atoms with E-state index in [1.54, 1.807) is 43.5 Å². The molecule has 0 bridgehead atoms. The van der Waals surface area contributed by atoms with Gasteiger partial charge in [-0.05, 0) is 37.3 Å². The van der Waals surface area contributed by atoms with Gasteiger partial charge in [0.25, 0.3) is 10.0 Å². The Morgan fingerprint density at radius 1 is 0.933 bits per heavy atom. The van der Waals surface area contributed by atoms with E-state index in [4.69, 9.17) is 4.74 Å². The van der Waals surface area contributed by atoms with E-state index in [9.17, 15) is 13.2 Å². The van der Waals surface area contributed by atoms with E-state index in [0.29, 0.717) is 11.4 Å². The molecule has 0 aliphatic heterocycles. The molecular formula is C23H24N2O4S. The average Bonchev–Trinajstić information content (AvgIpc) is 2.77. The summed E-state index contributed by atoms with van der Waals surface area (Å²) in [6.45, 7) is 1.81. The molecule has 0 saturated carbocycles. The van der Waals surface area contributed by atoms with E-state index in [1.807, 2.05) is 37.3 Å². The summed E-state index contributed by atoms with van der Waals surface area (Å²) < 4.78 is 32.9. The molecule has 0 heterocycles. The van der Waals surface area contributed by atoms with Crippen molar-refractivity contribution in [1.29, 1.82) is 0 Å². The number of nitrogens with zero attached hydrogens (tertiary/aromatic N) is 1. The Morgan fingerprint density at radius 3 is 2.23 bits per heavy atom. The molecule has 0 spiro atoms. The van der Waals surface area contributed by atoms with Crippen LogP contribution in [0.4, 0.5) is 5.69 Å². The maximum atomic E-state index is 13.3. The second-order valence-corrected chi connectivity index (χ2v) is 8.61. The van der Waals surface area contributed by atoms with Gasteiger partial charge in [0.05, 0.1) is 17.7 Å². The SMILES string of the molecule is COc1ccccc1CNC(=O)CN(c1ccc(C)cc1)S(=O)(=O)c1ccccc1. The number of anilines is 1. The highest BCUT2D eigenvalue weighted by Gasteiger charge is 2.27. The predicted molar refractivity (Wildman–Crippen MR) is 117 cm³/mol. The van der Waals surface area contributed by atoms with Crippen LogP contribution in [0.15, 0.2) is 83.8 Å². The van der Waals surface area contributed by atoms with Crippen LogP contribution in [0, 0.1) is 6.92 Å². The molecule has 30 heavy (non-hydrogen) atoms. The van der Waals surface area contributed by atoms with Gasteiger partial charge in [-0.1, -0.05) is 54.1 Å². The van der Waals surface area contributed by atoms with Crippen LogP contribution in [0.2, 0.25) is 0 Å². The monoisotopic (exact) mass is 424 g/mol. The number of amides is 1. The van der Waals surface area contributed by atoms with E-state index in [1.165, 1.54) is 12.1 Å². The lowest BCUT2D eigenvalue weighted by Gasteiger charge is -2.24. The highest BCUT2D eigenvalue weighted by Crippen LogP contribution is 2.24. The van der Waals surface area contributed by atoms with E-state index in [2.05, 4.69) is 5.32 Å². The number of carbonyl (C=O) groups excluding carboxylic acids is 1. The molecule has 3 rings (SSSR count). The van der Waals surface area contributed by atoms with Crippen molar-refractivity contribution < 1.29 is 17.9 Å². The number of rotatable bonds is 8. The Hall–Kier alpha value is -3.32. The van der Waals surface area contributed by atoms with Crippen LogP contribution in [0.1, 0.15) is 11.1 Å². The number of carbonyl (C=O) groups is 1. The van der Waals surface area contributed by atoms with Crippen LogP contribution in [0.25, 0.3) is 0 Å². The number of para-hydroxylation sites is 1. The van der Waals surface area contributed by atoms with Gasteiger partial charge in [0.15, 0.2) is 0 Å². The Kier molecular flexibility index (Phi) is 6.74. The normalized spacial score (nSPS) is 11.0. The minimum absolute atomic E-state index is 0.128. The summed E-state index contributed by atoms with van der Waals surface area (Å²) in [4.78, 5) is 12.8. The number of benzene rings is 3. The molecule has 156 valence electrons. The lowest BCUT2D eigenvalue weighted by Crippen LogP contribution is -2.40. The van der Waals surface area contributed by atoms with E-state index < -0.39 is 15.9 Å². The van der Waals surface area contributed by atoms with Gasteiger partial charge >= 0.3 is 0 Å². The van der Waals surface area contributed by atoms with Crippen molar-refractivity contribution in [3.05, 3.63) is 90.0 Å². The summed E-state index contributed by atoms with van der Waals surface area (Å²) in [6, 6.07) is 22.5. The largest absolute Gasteiger partial charge is 0.496 e. The molecule has 3 aromatic rings. The highest BCUT2D eigenvalue weighted by atomic mass is 32.2. The molecule has 0 saturated heterocycles. The van der Waals surface area contributed by atoms with Gasteiger partial charge in [-0.25, -0.2) is 8.42 Å². The standard InChI is InChI=1S/C23H24N2O4S/c1-18-12-14-20(15-13-18)25(30(27,28)21-9-4-3-5-10-21)17-23(26)24-16-19-8-6-7-11-22(19)29-2/h3-15H,16-17H2,1-2H3,(H,24,26). The molecule has 0 fully saturated rings. The number of hydrogen-bond donors (Lipinski definition) is 1. The lowest BCUT2D eigenvalue weighted by molar-refractivity contribution is -0.119. The maximum absolute atomic E-state index is 13.3. The number of ether oxygens (including phenoxy) is 1. The maximum Gasteiger partial charge on any atom is 0.264 e. The van der Waals surface area contributed by atoms with Crippen molar-refractivity contribution in [3.63, 3.8) is 0 Å². The average molecular weight is 425 g/mol. The molecule has 1 amide bonds. The molecule has 0 unspecified atom stereocenters. The van der Waals surface area contributed by atoms with Gasteiger partial charge in [0, 0.05) is 12.1 Å². The second kappa shape index (κ2) is 9.45. The smallest absolute Gasteiger partial charge is 0.264 e. The van der Waals surface area contributed by atoms with Crippen LogP contribution in [0.5, 0.6) is 5.75 Å². The van der Waals surface area contributed by atoms with E-state index in [-0.39, 0.29) is 18.0 Å². The molecule has 1 N–H and O–H groups in total. The summed E-state index contributed by atoms with van der Waals surface area (Å²) >= 11 is 0. The molecule has 0 aliphatic carbocycles. The Bertz CT molecular complexity index is 1100. The Balaban J connectivity index is 1.84. The Morgan fingerprint density at radius 2 is 1.57 bits per heavy atom. The summed E-state index contributed by atoms with van der Waals surface area (Å²) in [7, 11) is -2.35. The van der Waals surface area contributed by atoms with Crippen molar-refractivity contribution >= 4 is 21.6 Å². The number of aryl methyl sites for hydroxylation is 1. The zero-order chi connectivity index (χ0) is 21.6. The molecule has 6 nitrogen and oxygen atoms in total. The molecule has 0 atom stereocenters. The topological polar surface area (TPSA) is 75.7 Å². The lowest BCUT2D eigenvalue weighted by atomic mass is 10.2. The first kappa shape index (κ1) is 21.4. The van der Waals surface area contributed by atoms with Crippen molar-refractivity contribution in [2.75, 3.05) is 18.0 Å². The van der Waals surface area contributed by atoms with Gasteiger partial charge in [0.1, 0.15) is 12.3 Å². The van der Waals surface area contributed by atoms with Crippen molar-refractivity contribution in [1.82, 2.24) is 5.32 Å². The van der Waals surface area contributed by atoms with Crippen molar-refractivity contribution in [3.8, 4) is 5.75 Å². The molecule has 0 aromatic heterocycles. The van der Waals surface area contributed by atoms with Gasteiger partial charge in [-0.2, -0.15) is 0 Å². The predicted octanol–water partition coefficient (Wildman–Crippen LogP) is 3.52. The summed E-state index contributed by atoms with van der Waals surface area (Å²) in [5, 5.41) is 2.78. The quantitative estimate of drug-likeness (QED) is 0.600. The van der Waals surface area contributed by atoms with Crippen LogP contribution in [0.3, 0.4) is 0 Å². The fraction of sp³-hybridized carbons (Fsp3) is 0.174. The van der Waals surface area contributed by atoms with Gasteiger partial charge in [0.2, 0.25) is 5.91 Å². The number of hydrogen-bond acceptors (Lipinski definition) is 4. The first-order valence-corrected chi connectivity index (χ1v) is 10.9. The third-order valence-electron chi connectivity index (χ3n) is 4.61. The molecular weight excluding hydrogens is 400 g/mol. The van der Waals surface area contributed by atoms with E-state index >= 15 is 0 Å². The first-order valence-electron chi connectivity index (χ1n) is 9.45. The van der Waals surface area contributed by atoms with Crippen LogP contribution in [-0.2, 0) is 21.4 Å². The first-order chi connectivity index (χ1) is 14.4. The number of sulfonamides is 1. The highest BCUT2D eigenvalue weighted by molar-refractivity contribution is 7.92. The molecule has 0 aliphatic rings. The van der Waals surface area contributed by atoms with Gasteiger partial charge in [-0.3, -0.25) is 9.10 Å². The van der Waals surface area contributed by atoms with Gasteiger partial charge in [-0.15, -0.1) is 0 Å². The third-order valence-corrected chi connectivity index (χ3v) is 6.40. The zero-order valence-corrected chi connectivity index (χ0v) is 17.7. The zero-order valence-electron chi connectivity index (χ0n) is 16.9. The van der Waals surface area contributed by atoms with Crippen LogP contribution in [-0.4, -0.2) is 28.0 Å². The summed E-state index contributed by atoms with van der Waals surface area (Å²) in [5.41, 5.74) is 2.23. The molecule has 3 aromatic carbocycles. The summed E-state index contributed by atoms with van der Waals surface area (Å²) in [6.07, 6.45) is 0. The minimum Gasteiger partial charge on any atom is -0.496 e. The van der Waals surface area contributed by atoms with Gasteiger partial charge < -0.3 is 10.1 Å². The third kappa shape index (κ3) is 4.99. The summed E-state index contributed by atoms with van der Waals surface area (Å²) in [5.74, 6) is 0.242. The van der Waals surface area contributed by atoms with Crippen LogP contribution >= 0.6 is 0 Å². The van der Waals surface area contributed by atoms with Crippen molar-refractivity contribution in [2.45, 2.75) is 18.4 Å². The molecule has 0 radical (unpaired) electrons. The second-order valence-electron chi connectivity index (χ2n) is 6.75. The van der Waals surface area contributed by atoms with Crippen LogP contribution < -0.4 is 14.4 Å². The fourth-order valence-corrected chi connectivity index (χ4v) is 4.42. The van der Waals surface area contributed by atoms with Crippen molar-refractivity contribution in [2.24, 2.45) is 0 Å². The number of methoxy groups -OCH3 is 1. The Labute approximate surface area is 177 Å².